The third kappa shape index (κ3) is 3.73. The Labute approximate surface area is 163 Å². The summed E-state index contributed by atoms with van der Waals surface area (Å²) in [4.78, 5) is 25.9. The minimum absolute atomic E-state index is 0.177. The topological polar surface area (TPSA) is 68.5 Å². The van der Waals surface area contributed by atoms with Gasteiger partial charge in [0.1, 0.15) is 10.6 Å². The first-order chi connectivity index (χ1) is 12.5. The highest BCUT2D eigenvalue weighted by Crippen LogP contribution is 2.40. The van der Waals surface area contributed by atoms with E-state index < -0.39 is 11.9 Å². The first-order valence-electron chi connectivity index (χ1n) is 7.92. The molecule has 0 aliphatic carbocycles. The smallest absolute Gasteiger partial charge is 0.341 e. The maximum Gasteiger partial charge on any atom is 0.341 e. The zero-order chi connectivity index (χ0) is 18.7. The molecule has 0 saturated heterocycles. The fourth-order valence-electron chi connectivity index (χ4n) is 2.57. The molecule has 3 rings (SSSR count). The van der Waals surface area contributed by atoms with Crippen LogP contribution in [0.2, 0.25) is 0 Å². The minimum atomic E-state index is -0.468. The molecule has 1 N–H and O–H groups in total. The van der Waals surface area contributed by atoms with E-state index in [0.717, 1.165) is 20.5 Å². The summed E-state index contributed by atoms with van der Waals surface area (Å²) in [7, 11) is 0. The van der Waals surface area contributed by atoms with Crippen molar-refractivity contribution in [1.29, 1.82) is 0 Å². The van der Waals surface area contributed by atoms with E-state index in [0.29, 0.717) is 10.6 Å². The van der Waals surface area contributed by atoms with Gasteiger partial charge in [0, 0.05) is 14.9 Å². The molecule has 0 bridgehead atoms. The number of carbonyl (C=O) groups is 2. The lowest BCUT2D eigenvalue weighted by atomic mass is 10.0. The molecule has 0 saturated carbocycles. The molecule has 0 atom stereocenters. The number of hydrogen-bond donors (Lipinski definition) is 1. The van der Waals surface area contributed by atoms with Crippen LogP contribution in [0, 0.1) is 6.92 Å². The second kappa shape index (κ2) is 7.88. The van der Waals surface area contributed by atoms with Crippen molar-refractivity contribution in [3.8, 4) is 11.1 Å². The van der Waals surface area contributed by atoms with Crippen LogP contribution in [0.1, 0.15) is 32.7 Å². The largest absolute Gasteiger partial charge is 0.462 e. The van der Waals surface area contributed by atoms with Gasteiger partial charge in [0.2, 0.25) is 0 Å². The Bertz CT molecular complexity index is 929. The second-order valence-corrected chi connectivity index (χ2v) is 7.54. The first-order valence-corrected chi connectivity index (χ1v) is 9.53. The summed E-state index contributed by atoms with van der Waals surface area (Å²) in [6.07, 6.45) is 1.42. The fourth-order valence-corrected chi connectivity index (χ4v) is 3.89. The first kappa shape index (κ1) is 18.4. The summed E-state index contributed by atoms with van der Waals surface area (Å²) >= 11 is 4.75. The van der Waals surface area contributed by atoms with E-state index in [1.54, 1.807) is 19.1 Å². The Hall–Kier alpha value is -2.38. The van der Waals surface area contributed by atoms with E-state index in [-0.39, 0.29) is 12.4 Å². The van der Waals surface area contributed by atoms with Crippen molar-refractivity contribution in [2.24, 2.45) is 0 Å². The minimum Gasteiger partial charge on any atom is -0.462 e. The van der Waals surface area contributed by atoms with Crippen molar-refractivity contribution >= 4 is 44.1 Å². The predicted molar refractivity (Wildman–Crippen MR) is 105 cm³/mol. The maximum atomic E-state index is 12.6. The molecule has 0 fully saturated rings. The Morgan fingerprint density at radius 3 is 2.58 bits per heavy atom. The summed E-state index contributed by atoms with van der Waals surface area (Å²) in [6.45, 7) is 3.91. The van der Waals surface area contributed by atoms with Gasteiger partial charge in [-0.1, -0.05) is 28.1 Å². The van der Waals surface area contributed by atoms with Crippen LogP contribution in [-0.2, 0) is 4.74 Å². The molecule has 1 amide bonds. The molecule has 26 heavy (non-hydrogen) atoms. The molecule has 0 radical (unpaired) electrons. The highest BCUT2D eigenvalue weighted by atomic mass is 79.9. The molecular formula is C19H16BrNO4S. The van der Waals surface area contributed by atoms with Crippen LogP contribution in [0.15, 0.2) is 51.6 Å². The molecule has 7 heteroatoms. The molecule has 5 nitrogen and oxygen atoms in total. The van der Waals surface area contributed by atoms with Gasteiger partial charge >= 0.3 is 5.97 Å². The van der Waals surface area contributed by atoms with Crippen molar-refractivity contribution in [2.45, 2.75) is 13.8 Å². The van der Waals surface area contributed by atoms with E-state index in [1.165, 1.54) is 17.6 Å². The zero-order valence-electron chi connectivity index (χ0n) is 14.2. The Morgan fingerprint density at radius 2 is 1.96 bits per heavy atom. The van der Waals surface area contributed by atoms with Gasteiger partial charge in [-0.3, -0.25) is 4.79 Å². The van der Waals surface area contributed by atoms with Crippen LogP contribution in [0.4, 0.5) is 5.00 Å². The van der Waals surface area contributed by atoms with Crippen molar-refractivity contribution in [3.05, 3.63) is 63.3 Å². The molecule has 134 valence electrons. The molecule has 1 aromatic carbocycles. The zero-order valence-corrected chi connectivity index (χ0v) is 16.6. The SMILES string of the molecule is CCOC(=O)c1c(NC(=O)c2ccco2)sc(C)c1-c1ccc(Br)cc1. The Balaban J connectivity index is 2.06. The Morgan fingerprint density at radius 1 is 1.23 bits per heavy atom. The lowest BCUT2D eigenvalue weighted by Gasteiger charge is -2.09. The number of halogens is 1. The lowest BCUT2D eigenvalue weighted by molar-refractivity contribution is 0.0529. The normalized spacial score (nSPS) is 10.6. The van der Waals surface area contributed by atoms with Crippen LogP contribution in [0.25, 0.3) is 11.1 Å². The van der Waals surface area contributed by atoms with Crippen molar-refractivity contribution in [1.82, 2.24) is 0 Å². The number of thiophene rings is 1. The number of carbonyl (C=O) groups excluding carboxylic acids is 2. The summed E-state index contributed by atoms with van der Waals surface area (Å²) in [5.41, 5.74) is 2.00. The number of hydrogen-bond acceptors (Lipinski definition) is 5. The van der Waals surface area contributed by atoms with Crippen LogP contribution in [0.5, 0.6) is 0 Å². The summed E-state index contributed by atoms with van der Waals surface area (Å²) < 4.78 is 11.3. The predicted octanol–water partition coefficient (Wildman–Crippen LogP) is 5.51. The molecule has 0 spiro atoms. The van der Waals surface area contributed by atoms with Crippen LogP contribution in [-0.4, -0.2) is 18.5 Å². The highest BCUT2D eigenvalue weighted by molar-refractivity contribution is 9.10. The van der Waals surface area contributed by atoms with Crippen LogP contribution >= 0.6 is 27.3 Å². The number of furan rings is 1. The van der Waals surface area contributed by atoms with Crippen LogP contribution < -0.4 is 5.32 Å². The number of ether oxygens (including phenoxy) is 1. The van der Waals surface area contributed by atoms with Crippen molar-refractivity contribution < 1.29 is 18.7 Å². The molecule has 0 aliphatic rings. The van der Waals surface area contributed by atoms with Gasteiger partial charge in [-0.25, -0.2) is 4.79 Å². The summed E-state index contributed by atoms with van der Waals surface area (Å²) in [5, 5.41) is 3.22. The van der Waals surface area contributed by atoms with Gasteiger partial charge < -0.3 is 14.5 Å². The van der Waals surface area contributed by atoms with Crippen LogP contribution in [0.3, 0.4) is 0 Å². The number of benzene rings is 1. The third-order valence-corrected chi connectivity index (χ3v) is 5.22. The molecule has 0 unspecified atom stereocenters. The highest BCUT2D eigenvalue weighted by Gasteiger charge is 2.26. The number of rotatable bonds is 5. The molecular weight excluding hydrogens is 418 g/mol. The van der Waals surface area contributed by atoms with Gasteiger partial charge in [0.15, 0.2) is 5.76 Å². The second-order valence-electron chi connectivity index (χ2n) is 5.40. The van der Waals surface area contributed by atoms with Gasteiger partial charge in [-0.2, -0.15) is 0 Å². The van der Waals surface area contributed by atoms with Crippen molar-refractivity contribution in [3.63, 3.8) is 0 Å². The average Bonchev–Trinajstić information content (AvgIpc) is 3.24. The third-order valence-electron chi connectivity index (χ3n) is 3.67. The maximum absolute atomic E-state index is 12.6. The van der Waals surface area contributed by atoms with E-state index in [9.17, 15) is 9.59 Å². The van der Waals surface area contributed by atoms with Gasteiger partial charge in [0.25, 0.3) is 5.91 Å². The number of anilines is 1. The van der Waals surface area contributed by atoms with E-state index in [2.05, 4.69) is 21.2 Å². The monoisotopic (exact) mass is 433 g/mol. The van der Waals surface area contributed by atoms with Gasteiger partial charge in [-0.15, -0.1) is 11.3 Å². The number of aryl methyl sites for hydroxylation is 1. The lowest BCUT2D eigenvalue weighted by Crippen LogP contribution is -2.14. The molecule has 2 aromatic heterocycles. The number of amides is 1. The van der Waals surface area contributed by atoms with Gasteiger partial charge in [0.05, 0.1) is 12.9 Å². The molecule has 0 aliphatic heterocycles. The molecule has 2 heterocycles. The fraction of sp³-hybridized carbons (Fsp3) is 0.158. The average molecular weight is 434 g/mol. The summed E-state index contributed by atoms with van der Waals surface area (Å²) in [6, 6.07) is 10.8. The number of nitrogens with one attached hydrogen (secondary N) is 1. The van der Waals surface area contributed by atoms with Crippen molar-refractivity contribution in [2.75, 3.05) is 11.9 Å². The van der Waals surface area contributed by atoms with E-state index in [4.69, 9.17) is 9.15 Å². The number of esters is 1. The Kier molecular flexibility index (Phi) is 5.58. The standard InChI is InChI=1S/C19H16BrNO4S/c1-3-24-19(23)16-15(12-6-8-13(20)9-7-12)11(2)26-18(16)21-17(22)14-5-4-10-25-14/h4-10H,3H2,1-2H3,(H,21,22). The van der Waals surface area contributed by atoms with E-state index >= 15 is 0 Å². The quantitative estimate of drug-likeness (QED) is 0.538. The van der Waals surface area contributed by atoms with Gasteiger partial charge in [-0.05, 0) is 43.7 Å². The molecule has 3 aromatic rings. The summed E-state index contributed by atoms with van der Waals surface area (Å²) in [5.74, 6) is -0.704. The van der Waals surface area contributed by atoms with E-state index in [1.807, 2.05) is 31.2 Å².